The Morgan fingerprint density at radius 3 is 1.93 bits per heavy atom. The second-order valence-corrected chi connectivity index (χ2v) is 9.81. The Hall–Kier alpha value is -1.77. The average Bonchev–Trinajstić information content (AvgIpc) is 2.60. The molecule has 0 bridgehead atoms. The summed E-state index contributed by atoms with van der Waals surface area (Å²) in [5.41, 5.74) is 6.51. The van der Waals surface area contributed by atoms with Gasteiger partial charge in [0.15, 0.2) is 0 Å². The highest BCUT2D eigenvalue weighted by molar-refractivity contribution is 6.44. The van der Waals surface area contributed by atoms with Crippen LogP contribution >= 0.6 is 23.2 Å². The molecule has 0 aromatic heterocycles. The van der Waals surface area contributed by atoms with E-state index in [1.54, 1.807) is 6.07 Å². The molecule has 0 saturated heterocycles. The summed E-state index contributed by atoms with van der Waals surface area (Å²) in [6.45, 7) is 15.5. The number of hydrogen-bond donors (Lipinski definition) is 1. The van der Waals surface area contributed by atoms with Gasteiger partial charge in [0.2, 0.25) is 0 Å². The monoisotopic (exact) mass is 416 g/mol. The molecule has 0 aliphatic heterocycles. The van der Waals surface area contributed by atoms with Crippen LogP contribution in [0.3, 0.4) is 0 Å². The van der Waals surface area contributed by atoms with Gasteiger partial charge < -0.3 is 5.11 Å². The number of carboxylic acids is 1. The molecule has 1 aliphatic rings. The molecular formula is C24H26Cl2O2. The number of halogens is 2. The number of fused-ring (bicyclic) bond motifs is 1. The fourth-order valence-corrected chi connectivity index (χ4v) is 4.66. The normalized spacial score (nSPS) is 17.1. The van der Waals surface area contributed by atoms with E-state index in [-0.39, 0.29) is 26.4 Å². The number of aromatic carboxylic acids is 1. The van der Waals surface area contributed by atoms with Crippen LogP contribution in [0.15, 0.2) is 30.8 Å². The second-order valence-electron chi connectivity index (χ2n) is 9.05. The molecule has 2 aromatic carbocycles. The van der Waals surface area contributed by atoms with E-state index in [0.717, 1.165) is 29.5 Å². The molecule has 28 heavy (non-hydrogen) atoms. The van der Waals surface area contributed by atoms with E-state index in [1.807, 2.05) is 0 Å². The highest BCUT2D eigenvalue weighted by Crippen LogP contribution is 2.47. The minimum atomic E-state index is -1.10. The number of hydrogen-bond acceptors (Lipinski definition) is 1. The molecular weight excluding hydrogens is 391 g/mol. The maximum atomic E-state index is 11.3. The molecule has 0 spiro atoms. The Morgan fingerprint density at radius 2 is 1.39 bits per heavy atom. The fourth-order valence-electron chi connectivity index (χ4n) is 4.14. The molecule has 1 N–H and O–H groups in total. The van der Waals surface area contributed by atoms with Crippen molar-refractivity contribution in [2.75, 3.05) is 0 Å². The standard InChI is InChI=1S/C24H26Cl2O2/c1-13-11-18-19(24(5,6)10-9-23(18,3)4)12-17(13)14(2)15-7-8-16(22(27)28)21(26)20(15)25/h7-8,11-12H,2,9-10H2,1,3-6H3,(H,27,28). The van der Waals surface area contributed by atoms with Crippen molar-refractivity contribution < 1.29 is 9.90 Å². The summed E-state index contributed by atoms with van der Waals surface area (Å²) >= 11 is 12.6. The van der Waals surface area contributed by atoms with Crippen LogP contribution in [-0.4, -0.2) is 11.1 Å². The summed E-state index contributed by atoms with van der Waals surface area (Å²) in [6.07, 6.45) is 2.28. The zero-order chi connectivity index (χ0) is 21.0. The zero-order valence-electron chi connectivity index (χ0n) is 17.0. The third-order valence-electron chi connectivity index (χ3n) is 6.16. The first-order valence-electron chi connectivity index (χ1n) is 9.43. The molecule has 148 valence electrons. The Bertz CT molecular complexity index is 1000. The molecule has 2 nitrogen and oxygen atoms in total. The fraction of sp³-hybridized carbons (Fsp3) is 0.375. The van der Waals surface area contributed by atoms with Crippen molar-refractivity contribution >= 4 is 34.7 Å². The Kier molecular flexibility index (Phi) is 5.19. The average molecular weight is 417 g/mol. The van der Waals surface area contributed by atoms with E-state index < -0.39 is 5.97 Å². The lowest BCUT2D eigenvalue weighted by Crippen LogP contribution is -2.34. The molecule has 0 atom stereocenters. The van der Waals surface area contributed by atoms with Gasteiger partial charge in [-0.3, -0.25) is 0 Å². The highest BCUT2D eigenvalue weighted by atomic mass is 35.5. The van der Waals surface area contributed by atoms with Gasteiger partial charge in [-0.2, -0.15) is 0 Å². The third kappa shape index (κ3) is 3.38. The first kappa shape index (κ1) is 21.0. The molecule has 0 saturated carbocycles. The molecule has 0 amide bonds. The van der Waals surface area contributed by atoms with Crippen LogP contribution in [0.2, 0.25) is 10.0 Å². The van der Waals surface area contributed by atoms with E-state index in [4.69, 9.17) is 23.2 Å². The molecule has 0 heterocycles. The summed E-state index contributed by atoms with van der Waals surface area (Å²) in [5, 5.41) is 9.53. The van der Waals surface area contributed by atoms with Crippen LogP contribution in [0.25, 0.3) is 5.57 Å². The van der Waals surface area contributed by atoms with Gasteiger partial charge in [-0.25, -0.2) is 4.79 Å². The summed E-state index contributed by atoms with van der Waals surface area (Å²) in [6, 6.07) is 7.69. The van der Waals surface area contributed by atoms with Crippen molar-refractivity contribution in [1.82, 2.24) is 0 Å². The SMILES string of the molecule is C=C(c1cc2c(cc1C)C(C)(C)CCC2(C)C)c1ccc(C(=O)O)c(Cl)c1Cl. The first-order chi connectivity index (χ1) is 12.9. The van der Waals surface area contributed by atoms with E-state index in [1.165, 1.54) is 17.2 Å². The van der Waals surface area contributed by atoms with Gasteiger partial charge in [0.1, 0.15) is 0 Å². The van der Waals surface area contributed by atoms with Crippen molar-refractivity contribution in [3.05, 3.63) is 74.3 Å². The van der Waals surface area contributed by atoms with Crippen molar-refractivity contribution in [1.29, 1.82) is 0 Å². The van der Waals surface area contributed by atoms with E-state index >= 15 is 0 Å². The van der Waals surface area contributed by atoms with Crippen molar-refractivity contribution in [2.24, 2.45) is 0 Å². The molecule has 4 heteroatoms. The van der Waals surface area contributed by atoms with E-state index in [9.17, 15) is 9.90 Å². The summed E-state index contributed by atoms with van der Waals surface area (Å²) in [7, 11) is 0. The minimum absolute atomic E-state index is 0.00624. The molecule has 1 aliphatic carbocycles. The summed E-state index contributed by atoms with van der Waals surface area (Å²) in [4.78, 5) is 11.3. The topological polar surface area (TPSA) is 37.3 Å². The van der Waals surface area contributed by atoms with Gasteiger partial charge in [0.25, 0.3) is 0 Å². The van der Waals surface area contributed by atoms with Gasteiger partial charge in [0.05, 0.1) is 15.6 Å². The lowest BCUT2D eigenvalue weighted by molar-refractivity contribution is 0.0697. The number of carbonyl (C=O) groups is 1. The van der Waals surface area contributed by atoms with Crippen molar-refractivity contribution in [3.63, 3.8) is 0 Å². The number of aryl methyl sites for hydroxylation is 1. The molecule has 0 fully saturated rings. The molecule has 3 rings (SSSR count). The smallest absolute Gasteiger partial charge is 0.337 e. The van der Waals surface area contributed by atoms with Crippen LogP contribution in [0.5, 0.6) is 0 Å². The second kappa shape index (κ2) is 6.93. The van der Waals surface area contributed by atoms with Crippen LogP contribution in [0.4, 0.5) is 0 Å². The van der Waals surface area contributed by atoms with E-state index in [2.05, 4.69) is 53.3 Å². The first-order valence-corrected chi connectivity index (χ1v) is 10.2. The maximum absolute atomic E-state index is 11.3. The summed E-state index contributed by atoms with van der Waals surface area (Å²) in [5.74, 6) is -1.10. The number of benzene rings is 2. The number of carboxylic acid groups (broad SMARTS) is 1. The maximum Gasteiger partial charge on any atom is 0.337 e. The third-order valence-corrected chi connectivity index (χ3v) is 7.04. The van der Waals surface area contributed by atoms with Crippen LogP contribution in [0, 0.1) is 6.92 Å². The van der Waals surface area contributed by atoms with Gasteiger partial charge in [-0.05, 0) is 64.5 Å². The van der Waals surface area contributed by atoms with Gasteiger partial charge in [-0.1, -0.05) is 75.7 Å². The van der Waals surface area contributed by atoms with Crippen LogP contribution in [0.1, 0.15) is 78.7 Å². The minimum Gasteiger partial charge on any atom is -0.478 e. The Balaban J connectivity index is 2.17. The lowest BCUT2D eigenvalue weighted by atomic mass is 9.62. The molecule has 0 unspecified atom stereocenters. The van der Waals surface area contributed by atoms with Crippen molar-refractivity contribution in [3.8, 4) is 0 Å². The predicted molar refractivity (Wildman–Crippen MR) is 118 cm³/mol. The largest absolute Gasteiger partial charge is 0.478 e. The lowest BCUT2D eigenvalue weighted by Gasteiger charge is -2.42. The van der Waals surface area contributed by atoms with Crippen molar-refractivity contribution in [2.45, 2.75) is 58.3 Å². The highest BCUT2D eigenvalue weighted by Gasteiger charge is 2.37. The van der Waals surface area contributed by atoms with Gasteiger partial charge >= 0.3 is 5.97 Å². The predicted octanol–water partition coefficient (Wildman–Crippen LogP) is 7.41. The van der Waals surface area contributed by atoms with Gasteiger partial charge in [-0.15, -0.1) is 0 Å². The summed E-state index contributed by atoms with van der Waals surface area (Å²) < 4.78 is 0. The quantitative estimate of drug-likeness (QED) is 0.565. The van der Waals surface area contributed by atoms with Crippen LogP contribution < -0.4 is 0 Å². The Labute approximate surface area is 177 Å². The van der Waals surface area contributed by atoms with Crippen LogP contribution in [-0.2, 0) is 10.8 Å². The molecule has 0 radical (unpaired) electrons. The number of rotatable bonds is 3. The molecule has 2 aromatic rings. The van der Waals surface area contributed by atoms with Gasteiger partial charge in [0, 0.05) is 5.56 Å². The zero-order valence-corrected chi connectivity index (χ0v) is 18.6. The Morgan fingerprint density at radius 1 is 0.929 bits per heavy atom. The van der Waals surface area contributed by atoms with E-state index in [0.29, 0.717) is 5.56 Å².